The molecule has 1 aliphatic carbocycles. The Morgan fingerprint density at radius 3 is 2.38 bits per heavy atom. The molecule has 4 heteroatoms. The Bertz CT molecular complexity index is 266. The van der Waals surface area contributed by atoms with Gasteiger partial charge in [0.15, 0.2) is 0 Å². The molecule has 1 saturated carbocycles. The highest BCUT2D eigenvalue weighted by Gasteiger charge is 2.17. The fourth-order valence-corrected chi connectivity index (χ4v) is 2.87. The topological polar surface area (TPSA) is 25.8 Å². The first-order valence-corrected chi connectivity index (χ1v) is 6.00. The van der Waals surface area contributed by atoms with Gasteiger partial charge >= 0.3 is 0 Å². The van der Waals surface area contributed by atoms with Crippen LogP contribution >= 0.6 is 23.1 Å². The summed E-state index contributed by atoms with van der Waals surface area (Å²) in [6.07, 6.45) is 7.97. The molecule has 0 saturated heterocycles. The van der Waals surface area contributed by atoms with E-state index in [2.05, 4.69) is 9.36 Å². The minimum Gasteiger partial charge on any atom is -0.209 e. The van der Waals surface area contributed by atoms with E-state index in [1.807, 2.05) is 0 Å². The Morgan fingerprint density at radius 1 is 1.15 bits per heavy atom. The van der Waals surface area contributed by atoms with Crippen LogP contribution in [0.1, 0.15) is 49.5 Å². The number of aromatic nitrogens is 2. The maximum Gasteiger partial charge on any atom is 0.234 e. The third-order valence-electron chi connectivity index (χ3n) is 2.62. The van der Waals surface area contributed by atoms with Crippen LogP contribution in [0, 0.1) is 0 Å². The molecule has 0 radical (unpaired) electrons. The SMILES string of the molecule is Clc1nsc(C2CCCCCC2)n1. The van der Waals surface area contributed by atoms with E-state index < -0.39 is 0 Å². The fraction of sp³-hybridized carbons (Fsp3) is 0.778. The van der Waals surface area contributed by atoms with E-state index in [0.29, 0.717) is 11.2 Å². The third kappa shape index (κ3) is 2.41. The normalized spacial score (nSPS) is 20.1. The molecule has 1 heterocycles. The molecule has 1 aromatic heterocycles. The maximum absolute atomic E-state index is 5.71. The highest BCUT2D eigenvalue weighted by Crippen LogP contribution is 2.32. The largest absolute Gasteiger partial charge is 0.234 e. The van der Waals surface area contributed by atoms with Crippen molar-refractivity contribution in [3.8, 4) is 0 Å². The molecule has 0 bridgehead atoms. The van der Waals surface area contributed by atoms with Crippen molar-refractivity contribution in [2.75, 3.05) is 0 Å². The van der Waals surface area contributed by atoms with E-state index in [0.717, 1.165) is 5.01 Å². The van der Waals surface area contributed by atoms with Crippen LogP contribution in [0.5, 0.6) is 0 Å². The van der Waals surface area contributed by atoms with Crippen molar-refractivity contribution in [3.63, 3.8) is 0 Å². The Morgan fingerprint density at radius 2 is 1.85 bits per heavy atom. The van der Waals surface area contributed by atoms with Crippen molar-refractivity contribution in [3.05, 3.63) is 10.3 Å². The summed E-state index contributed by atoms with van der Waals surface area (Å²) in [7, 11) is 0. The molecule has 0 atom stereocenters. The van der Waals surface area contributed by atoms with Gasteiger partial charge in [0.05, 0.1) is 0 Å². The minimum absolute atomic E-state index is 0.421. The summed E-state index contributed by atoms with van der Waals surface area (Å²) >= 11 is 7.18. The van der Waals surface area contributed by atoms with Crippen LogP contribution in [0.25, 0.3) is 0 Å². The molecule has 13 heavy (non-hydrogen) atoms. The molecule has 0 N–H and O–H groups in total. The summed E-state index contributed by atoms with van der Waals surface area (Å²) in [5.41, 5.74) is 0. The van der Waals surface area contributed by atoms with Gasteiger partial charge in [-0.05, 0) is 36.0 Å². The van der Waals surface area contributed by atoms with Gasteiger partial charge in [0.25, 0.3) is 0 Å². The Kier molecular flexibility index (Phi) is 3.17. The molecular weight excluding hydrogens is 204 g/mol. The van der Waals surface area contributed by atoms with Gasteiger partial charge in [-0.25, -0.2) is 4.98 Å². The second kappa shape index (κ2) is 4.38. The molecule has 2 nitrogen and oxygen atoms in total. The van der Waals surface area contributed by atoms with Gasteiger partial charge in [-0.3, -0.25) is 0 Å². The standard InChI is InChI=1S/C9H13ClN2S/c10-9-11-8(13-12-9)7-5-3-1-2-4-6-7/h7H,1-6H2. The van der Waals surface area contributed by atoms with E-state index in [-0.39, 0.29) is 0 Å². The highest BCUT2D eigenvalue weighted by molar-refractivity contribution is 7.05. The lowest BCUT2D eigenvalue weighted by Crippen LogP contribution is -1.95. The van der Waals surface area contributed by atoms with Gasteiger partial charge in [0.1, 0.15) is 5.01 Å². The van der Waals surface area contributed by atoms with Crippen molar-refractivity contribution < 1.29 is 0 Å². The van der Waals surface area contributed by atoms with Crippen molar-refractivity contribution >= 4 is 23.1 Å². The lowest BCUT2D eigenvalue weighted by Gasteiger charge is -2.08. The van der Waals surface area contributed by atoms with E-state index in [9.17, 15) is 0 Å². The van der Waals surface area contributed by atoms with Gasteiger partial charge in [-0.15, -0.1) is 0 Å². The quantitative estimate of drug-likeness (QED) is 0.670. The Hall–Kier alpha value is -0.150. The van der Waals surface area contributed by atoms with Gasteiger partial charge < -0.3 is 0 Å². The Balaban J connectivity index is 2.06. The van der Waals surface area contributed by atoms with Crippen LogP contribution in [0.15, 0.2) is 0 Å². The van der Waals surface area contributed by atoms with Crippen LogP contribution in [0.4, 0.5) is 0 Å². The van der Waals surface area contributed by atoms with Crippen molar-refractivity contribution in [1.29, 1.82) is 0 Å². The molecule has 2 rings (SSSR count). The van der Waals surface area contributed by atoms with Crippen LogP contribution in [-0.2, 0) is 0 Å². The molecule has 0 spiro atoms. The fourth-order valence-electron chi connectivity index (χ4n) is 1.91. The van der Waals surface area contributed by atoms with Gasteiger partial charge in [-0.1, -0.05) is 25.7 Å². The van der Waals surface area contributed by atoms with Crippen molar-refractivity contribution in [2.45, 2.75) is 44.4 Å². The summed E-state index contributed by atoms with van der Waals surface area (Å²) in [4.78, 5) is 4.25. The average Bonchev–Trinajstić information content (AvgIpc) is 2.43. The van der Waals surface area contributed by atoms with E-state index >= 15 is 0 Å². The smallest absolute Gasteiger partial charge is 0.209 e. The van der Waals surface area contributed by atoms with E-state index in [1.54, 1.807) is 0 Å². The predicted octanol–water partition coefficient (Wildman–Crippen LogP) is 3.63. The summed E-state index contributed by atoms with van der Waals surface area (Å²) in [6, 6.07) is 0. The van der Waals surface area contributed by atoms with Crippen LogP contribution in [0.3, 0.4) is 0 Å². The monoisotopic (exact) mass is 216 g/mol. The van der Waals surface area contributed by atoms with Crippen LogP contribution in [0.2, 0.25) is 5.28 Å². The number of halogens is 1. The first-order valence-electron chi connectivity index (χ1n) is 4.85. The van der Waals surface area contributed by atoms with Crippen LogP contribution < -0.4 is 0 Å². The number of hydrogen-bond donors (Lipinski definition) is 0. The first kappa shape index (κ1) is 9.41. The molecule has 0 amide bonds. The van der Waals surface area contributed by atoms with Crippen molar-refractivity contribution in [2.24, 2.45) is 0 Å². The summed E-state index contributed by atoms with van der Waals surface area (Å²) < 4.78 is 4.02. The molecule has 0 aromatic carbocycles. The number of hydrogen-bond acceptors (Lipinski definition) is 3. The molecule has 0 unspecified atom stereocenters. The first-order chi connectivity index (χ1) is 6.36. The number of nitrogens with zero attached hydrogens (tertiary/aromatic N) is 2. The zero-order chi connectivity index (χ0) is 9.10. The molecular formula is C9H13ClN2S. The lowest BCUT2D eigenvalue weighted by molar-refractivity contribution is 0.589. The Labute approximate surface area is 87.5 Å². The lowest BCUT2D eigenvalue weighted by atomic mass is 10.0. The maximum atomic E-state index is 5.71. The van der Waals surface area contributed by atoms with Crippen molar-refractivity contribution in [1.82, 2.24) is 9.36 Å². The van der Waals surface area contributed by atoms with Crippen LogP contribution in [-0.4, -0.2) is 9.36 Å². The second-order valence-electron chi connectivity index (χ2n) is 3.59. The predicted molar refractivity (Wildman–Crippen MR) is 55.4 cm³/mol. The minimum atomic E-state index is 0.421. The average molecular weight is 217 g/mol. The molecule has 1 aliphatic rings. The molecule has 1 fully saturated rings. The van der Waals surface area contributed by atoms with Gasteiger partial charge in [-0.2, -0.15) is 4.37 Å². The summed E-state index contributed by atoms with van der Waals surface area (Å²) in [6.45, 7) is 0. The zero-order valence-electron chi connectivity index (χ0n) is 7.50. The highest BCUT2D eigenvalue weighted by atomic mass is 35.5. The third-order valence-corrected chi connectivity index (χ3v) is 3.77. The second-order valence-corrected chi connectivity index (χ2v) is 4.71. The zero-order valence-corrected chi connectivity index (χ0v) is 9.07. The van der Waals surface area contributed by atoms with Gasteiger partial charge in [0, 0.05) is 5.92 Å². The van der Waals surface area contributed by atoms with Gasteiger partial charge in [0.2, 0.25) is 5.28 Å². The van der Waals surface area contributed by atoms with E-state index in [4.69, 9.17) is 11.6 Å². The summed E-state index contributed by atoms with van der Waals surface area (Å²) in [5.74, 6) is 0.632. The molecule has 0 aliphatic heterocycles. The van der Waals surface area contributed by atoms with E-state index in [1.165, 1.54) is 50.1 Å². The molecule has 72 valence electrons. The summed E-state index contributed by atoms with van der Waals surface area (Å²) in [5, 5.41) is 1.57. The molecule has 1 aromatic rings. The number of rotatable bonds is 1.